The van der Waals surface area contributed by atoms with Crippen LogP contribution in [0.2, 0.25) is 0 Å². The molecule has 0 aliphatic rings. The molecule has 192 valence electrons. The summed E-state index contributed by atoms with van der Waals surface area (Å²) in [5, 5.41) is 21.3. The van der Waals surface area contributed by atoms with E-state index in [2.05, 4.69) is 9.98 Å². The molecule has 0 spiro atoms. The van der Waals surface area contributed by atoms with Gasteiger partial charge in [-0.15, -0.1) is 0 Å². The summed E-state index contributed by atoms with van der Waals surface area (Å²) >= 11 is 0. The van der Waals surface area contributed by atoms with Gasteiger partial charge in [0, 0.05) is 49.8 Å². The number of aliphatic imine (C=N–C) groups is 2. The van der Waals surface area contributed by atoms with Crippen molar-refractivity contribution in [2.24, 2.45) is 9.98 Å². The van der Waals surface area contributed by atoms with Crippen LogP contribution >= 0.6 is 0 Å². The molecular formula is C27H26N2O8. The third-order valence-corrected chi connectivity index (χ3v) is 5.65. The molecule has 2 aromatic carbocycles. The Balaban J connectivity index is 1.49. The normalized spacial score (nSPS) is 11.8. The predicted octanol–water partition coefficient (Wildman–Crippen LogP) is 3.87. The van der Waals surface area contributed by atoms with E-state index in [0.29, 0.717) is 31.0 Å². The number of hydrogen-bond donors (Lipinski definition) is 2. The third-order valence-electron chi connectivity index (χ3n) is 5.65. The lowest BCUT2D eigenvalue weighted by atomic mass is 10.1. The highest BCUT2D eigenvalue weighted by atomic mass is 16.5. The molecule has 2 heterocycles. The number of ether oxygens (including phenoxy) is 2. The van der Waals surface area contributed by atoms with E-state index < -0.39 is 0 Å². The average Bonchev–Trinajstić information content (AvgIpc) is 2.83. The Hall–Kier alpha value is -4.60. The molecule has 0 fully saturated rings. The van der Waals surface area contributed by atoms with Gasteiger partial charge in [-0.1, -0.05) is 0 Å². The van der Waals surface area contributed by atoms with E-state index in [1.807, 2.05) is 0 Å². The molecule has 37 heavy (non-hydrogen) atoms. The summed E-state index contributed by atoms with van der Waals surface area (Å²) < 4.78 is 21.8. The number of phenolic OH excluding ortho intramolecular Hbond substituents is 2. The SMILES string of the molecule is COc1c(C=NCCCN=Cc2c(O)cc3oc(C)cc(=O)c3c2OC)c(O)cc2oc(C)cc(=O)c12. The number of benzene rings is 2. The summed E-state index contributed by atoms with van der Waals surface area (Å²) in [5.41, 5.74) is 0.445. The monoisotopic (exact) mass is 506 g/mol. The Kier molecular flexibility index (Phi) is 7.28. The highest BCUT2D eigenvalue weighted by Gasteiger charge is 2.18. The second-order valence-electron chi connectivity index (χ2n) is 8.30. The molecule has 2 aromatic heterocycles. The minimum atomic E-state index is -0.278. The van der Waals surface area contributed by atoms with Gasteiger partial charge in [0.1, 0.15) is 56.5 Å². The maximum absolute atomic E-state index is 12.5. The number of aryl methyl sites for hydroxylation is 2. The molecule has 0 amide bonds. The van der Waals surface area contributed by atoms with E-state index in [-0.39, 0.29) is 66.9 Å². The van der Waals surface area contributed by atoms with Gasteiger partial charge in [-0.2, -0.15) is 0 Å². The molecule has 0 aliphatic heterocycles. The molecule has 0 saturated carbocycles. The van der Waals surface area contributed by atoms with E-state index in [0.717, 1.165) is 0 Å². The summed E-state index contributed by atoms with van der Waals surface area (Å²) in [6.07, 6.45) is 3.43. The number of methoxy groups -OCH3 is 2. The number of hydrogen-bond acceptors (Lipinski definition) is 10. The Morgan fingerprint density at radius 2 is 1.16 bits per heavy atom. The van der Waals surface area contributed by atoms with Crippen molar-refractivity contribution < 1.29 is 28.5 Å². The highest BCUT2D eigenvalue weighted by molar-refractivity contribution is 5.99. The van der Waals surface area contributed by atoms with Gasteiger partial charge in [0.25, 0.3) is 0 Å². The number of rotatable bonds is 8. The highest BCUT2D eigenvalue weighted by Crippen LogP contribution is 2.35. The van der Waals surface area contributed by atoms with Crippen LogP contribution in [0.3, 0.4) is 0 Å². The van der Waals surface area contributed by atoms with Gasteiger partial charge in [-0.05, 0) is 20.3 Å². The Labute approximate surface area is 211 Å². The van der Waals surface area contributed by atoms with Crippen molar-refractivity contribution in [1.82, 2.24) is 0 Å². The quantitative estimate of drug-likeness (QED) is 0.271. The van der Waals surface area contributed by atoms with Crippen LogP contribution in [-0.4, -0.2) is 50.0 Å². The van der Waals surface area contributed by atoms with Crippen molar-refractivity contribution in [3.05, 3.63) is 67.4 Å². The fraction of sp³-hybridized carbons (Fsp3) is 0.259. The van der Waals surface area contributed by atoms with Crippen molar-refractivity contribution in [1.29, 1.82) is 0 Å². The zero-order valence-corrected chi connectivity index (χ0v) is 20.8. The molecule has 4 rings (SSSR count). The van der Waals surface area contributed by atoms with Gasteiger partial charge in [0.05, 0.1) is 25.3 Å². The molecule has 0 bridgehead atoms. The lowest BCUT2D eigenvalue weighted by Gasteiger charge is -2.10. The van der Waals surface area contributed by atoms with Gasteiger partial charge in [0.15, 0.2) is 10.9 Å². The van der Waals surface area contributed by atoms with E-state index in [9.17, 15) is 19.8 Å². The maximum Gasteiger partial charge on any atom is 0.196 e. The largest absolute Gasteiger partial charge is 0.507 e. The van der Waals surface area contributed by atoms with Gasteiger partial charge >= 0.3 is 0 Å². The molecule has 0 atom stereocenters. The van der Waals surface area contributed by atoms with Crippen LogP contribution in [0.25, 0.3) is 21.9 Å². The van der Waals surface area contributed by atoms with Gasteiger partial charge in [-0.3, -0.25) is 19.6 Å². The summed E-state index contributed by atoms with van der Waals surface area (Å²) in [4.78, 5) is 33.5. The van der Waals surface area contributed by atoms with Crippen LogP contribution in [0.5, 0.6) is 23.0 Å². The first-order chi connectivity index (χ1) is 17.7. The molecule has 0 saturated heterocycles. The van der Waals surface area contributed by atoms with Crippen LogP contribution in [0.4, 0.5) is 0 Å². The van der Waals surface area contributed by atoms with E-state index in [1.165, 1.54) is 50.9 Å². The van der Waals surface area contributed by atoms with Gasteiger partial charge in [0.2, 0.25) is 0 Å². The number of phenols is 2. The minimum absolute atomic E-state index is 0.126. The van der Waals surface area contributed by atoms with E-state index >= 15 is 0 Å². The molecule has 10 heteroatoms. The van der Waals surface area contributed by atoms with Crippen molar-refractivity contribution in [2.45, 2.75) is 20.3 Å². The Morgan fingerprint density at radius 3 is 1.54 bits per heavy atom. The Morgan fingerprint density at radius 1 is 0.757 bits per heavy atom. The summed E-state index contributed by atoms with van der Waals surface area (Å²) in [5.74, 6) is 0.966. The van der Waals surface area contributed by atoms with Crippen LogP contribution in [-0.2, 0) is 0 Å². The lowest BCUT2D eigenvalue weighted by molar-refractivity contribution is 0.409. The number of aromatic hydroxyl groups is 2. The molecule has 10 nitrogen and oxygen atoms in total. The molecular weight excluding hydrogens is 480 g/mol. The molecule has 0 unspecified atom stereocenters. The van der Waals surface area contributed by atoms with Crippen molar-refractivity contribution >= 4 is 34.4 Å². The van der Waals surface area contributed by atoms with Crippen LogP contribution < -0.4 is 20.3 Å². The van der Waals surface area contributed by atoms with E-state index in [4.69, 9.17) is 18.3 Å². The first kappa shape index (κ1) is 25.5. The maximum atomic E-state index is 12.5. The molecule has 4 aromatic rings. The lowest BCUT2D eigenvalue weighted by Crippen LogP contribution is -2.05. The van der Waals surface area contributed by atoms with Gasteiger partial charge < -0.3 is 28.5 Å². The minimum Gasteiger partial charge on any atom is -0.507 e. The molecule has 0 radical (unpaired) electrons. The smallest absolute Gasteiger partial charge is 0.196 e. The second-order valence-corrected chi connectivity index (χ2v) is 8.30. The zero-order chi connectivity index (χ0) is 26.7. The summed E-state index contributed by atoms with van der Waals surface area (Å²) in [6.45, 7) is 4.03. The Bertz CT molecular complexity index is 1540. The van der Waals surface area contributed by atoms with Crippen molar-refractivity contribution in [3.63, 3.8) is 0 Å². The molecule has 2 N–H and O–H groups in total. The first-order valence-electron chi connectivity index (χ1n) is 11.4. The molecule has 0 aliphatic carbocycles. The summed E-state index contributed by atoms with van der Waals surface area (Å²) in [6, 6.07) is 5.44. The average molecular weight is 507 g/mol. The second kappa shape index (κ2) is 10.6. The third kappa shape index (κ3) is 5.04. The fourth-order valence-corrected chi connectivity index (χ4v) is 4.06. The zero-order valence-electron chi connectivity index (χ0n) is 20.8. The fourth-order valence-electron chi connectivity index (χ4n) is 4.06. The number of fused-ring (bicyclic) bond motifs is 2. The van der Waals surface area contributed by atoms with Crippen LogP contribution in [0.1, 0.15) is 29.1 Å². The van der Waals surface area contributed by atoms with Gasteiger partial charge in [-0.25, -0.2) is 0 Å². The van der Waals surface area contributed by atoms with Crippen molar-refractivity contribution in [2.75, 3.05) is 27.3 Å². The topological polar surface area (TPSA) is 144 Å². The van der Waals surface area contributed by atoms with Crippen LogP contribution in [0, 0.1) is 13.8 Å². The standard InChI is InChI=1S/C27H26N2O8/c1-14-8-20(32)24-22(36-14)10-18(30)16(26(24)34-3)12-28-6-5-7-29-13-17-19(31)11-23-25(27(17)35-4)21(33)9-15(2)37-23/h8-13,30-31H,5-7H2,1-4H3. The van der Waals surface area contributed by atoms with Crippen LogP contribution in [0.15, 0.2) is 52.7 Å². The summed E-state index contributed by atoms with van der Waals surface area (Å²) in [7, 11) is 2.81. The number of nitrogens with zero attached hydrogens (tertiary/aromatic N) is 2. The van der Waals surface area contributed by atoms with E-state index in [1.54, 1.807) is 13.8 Å². The first-order valence-corrected chi connectivity index (χ1v) is 11.4. The predicted molar refractivity (Wildman–Crippen MR) is 140 cm³/mol. The van der Waals surface area contributed by atoms with Crippen molar-refractivity contribution in [3.8, 4) is 23.0 Å².